The second-order valence-electron chi connectivity index (χ2n) is 4.58. The highest BCUT2D eigenvalue weighted by molar-refractivity contribution is 5.50. The van der Waals surface area contributed by atoms with Crippen LogP contribution in [0.1, 0.15) is 36.8 Å². The number of hydrogen-bond acceptors (Lipinski definition) is 0. The zero-order chi connectivity index (χ0) is 12.6. The molecule has 0 saturated carbocycles. The summed E-state index contributed by atoms with van der Waals surface area (Å²) in [6.07, 6.45) is 6.97. The van der Waals surface area contributed by atoms with Gasteiger partial charge in [-0.25, -0.2) is 0 Å². The largest absolute Gasteiger partial charge is 0.0764 e. The highest BCUT2D eigenvalue weighted by Gasteiger charge is 2.05. The molecule has 0 aliphatic heterocycles. The predicted octanol–water partition coefficient (Wildman–Crippen LogP) is 5.28. The molecule has 2 aromatic rings. The average Bonchev–Trinajstić information content (AvgIpc) is 2.45. The summed E-state index contributed by atoms with van der Waals surface area (Å²) >= 11 is 0. The van der Waals surface area contributed by atoms with Crippen LogP contribution < -0.4 is 0 Å². The van der Waals surface area contributed by atoms with Gasteiger partial charge >= 0.3 is 0 Å². The average molecular weight is 236 g/mol. The summed E-state index contributed by atoms with van der Waals surface area (Å²) in [7, 11) is 0. The van der Waals surface area contributed by atoms with Gasteiger partial charge in [-0.1, -0.05) is 86.2 Å². The quantitative estimate of drug-likeness (QED) is 0.662. The van der Waals surface area contributed by atoms with Crippen molar-refractivity contribution in [2.45, 2.75) is 25.7 Å². The van der Waals surface area contributed by atoms with Crippen LogP contribution in [-0.4, -0.2) is 0 Å². The monoisotopic (exact) mass is 236 g/mol. The third-order valence-corrected chi connectivity index (χ3v) is 3.15. The maximum absolute atomic E-state index is 2.33. The minimum Gasteiger partial charge on any atom is -0.0764 e. The molecule has 0 amide bonds. The van der Waals surface area contributed by atoms with E-state index in [-0.39, 0.29) is 0 Å². The van der Waals surface area contributed by atoms with Crippen molar-refractivity contribution >= 4 is 6.08 Å². The molecule has 0 aliphatic rings. The summed E-state index contributed by atoms with van der Waals surface area (Å²) in [6.45, 7) is 2.24. The van der Waals surface area contributed by atoms with E-state index in [1.807, 2.05) is 0 Å². The first-order valence-corrected chi connectivity index (χ1v) is 6.68. The van der Waals surface area contributed by atoms with Crippen LogP contribution in [-0.2, 0) is 0 Å². The third-order valence-electron chi connectivity index (χ3n) is 3.15. The molecule has 0 fully saturated rings. The minimum absolute atomic E-state index is 0.524. The third kappa shape index (κ3) is 3.59. The summed E-state index contributed by atoms with van der Waals surface area (Å²) in [5, 5.41) is 0. The summed E-state index contributed by atoms with van der Waals surface area (Å²) in [5.74, 6) is 0.524. The van der Waals surface area contributed by atoms with Crippen LogP contribution in [0.4, 0.5) is 0 Å². The van der Waals surface area contributed by atoms with E-state index in [0.717, 1.165) is 0 Å². The lowest BCUT2D eigenvalue weighted by atomic mass is 9.93. The Balaban J connectivity index is 2.14. The van der Waals surface area contributed by atoms with Crippen molar-refractivity contribution < 1.29 is 0 Å². The van der Waals surface area contributed by atoms with E-state index in [1.165, 1.54) is 24.0 Å². The van der Waals surface area contributed by atoms with Crippen LogP contribution in [0.15, 0.2) is 66.7 Å². The van der Waals surface area contributed by atoms with Gasteiger partial charge < -0.3 is 0 Å². The molecular formula is C18H20. The molecule has 0 aromatic heterocycles. The normalized spacial score (nSPS) is 12.7. The molecule has 1 atom stereocenters. The Hall–Kier alpha value is -1.82. The molecule has 0 heterocycles. The van der Waals surface area contributed by atoms with E-state index in [0.29, 0.717) is 5.92 Å². The Labute approximate surface area is 110 Å². The fraction of sp³-hybridized carbons (Fsp3) is 0.222. The van der Waals surface area contributed by atoms with E-state index >= 15 is 0 Å². The van der Waals surface area contributed by atoms with E-state index in [9.17, 15) is 0 Å². The summed E-state index contributed by atoms with van der Waals surface area (Å²) < 4.78 is 0. The molecule has 0 N–H and O–H groups in total. The van der Waals surface area contributed by atoms with Crippen molar-refractivity contribution in [1.29, 1.82) is 0 Å². The molecule has 0 radical (unpaired) electrons. The fourth-order valence-corrected chi connectivity index (χ4v) is 2.18. The zero-order valence-corrected chi connectivity index (χ0v) is 10.9. The van der Waals surface area contributed by atoms with Crippen molar-refractivity contribution in [3.8, 4) is 0 Å². The lowest BCUT2D eigenvalue weighted by Gasteiger charge is -2.11. The number of hydrogen-bond donors (Lipinski definition) is 0. The topological polar surface area (TPSA) is 0 Å². The molecule has 0 bridgehead atoms. The van der Waals surface area contributed by atoms with E-state index < -0.39 is 0 Å². The highest BCUT2D eigenvalue weighted by atomic mass is 14.1. The molecule has 1 unspecified atom stereocenters. The summed E-state index contributed by atoms with van der Waals surface area (Å²) in [5.41, 5.74) is 2.68. The number of benzene rings is 2. The first kappa shape index (κ1) is 12.6. The fourth-order valence-electron chi connectivity index (χ4n) is 2.18. The van der Waals surface area contributed by atoms with Gasteiger partial charge in [0.15, 0.2) is 0 Å². The SMILES string of the molecule is CCCC(/C=C/c1ccccc1)c1ccccc1. The van der Waals surface area contributed by atoms with E-state index in [2.05, 4.69) is 79.7 Å². The van der Waals surface area contributed by atoms with Crippen LogP contribution in [0.25, 0.3) is 6.08 Å². The zero-order valence-electron chi connectivity index (χ0n) is 10.9. The van der Waals surface area contributed by atoms with Crippen LogP contribution in [0.5, 0.6) is 0 Å². The van der Waals surface area contributed by atoms with Gasteiger partial charge in [0.05, 0.1) is 0 Å². The van der Waals surface area contributed by atoms with Gasteiger partial charge in [-0.3, -0.25) is 0 Å². The molecule has 0 aliphatic carbocycles. The molecule has 0 heteroatoms. The Bertz CT molecular complexity index is 468. The van der Waals surface area contributed by atoms with E-state index in [1.54, 1.807) is 0 Å². The van der Waals surface area contributed by atoms with E-state index in [4.69, 9.17) is 0 Å². The van der Waals surface area contributed by atoms with Gasteiger partial charge in [0, 0.05) is 5.92 Å². The first-order chi connectivity index (χ1) is 8.90. The lowest BCUT2D eigenvalue weighted by Crippen LogP contribution is -1.94. The smallest absolute Gasteiger partial charge is 0.00212 e. The summed E-state index contributed by atoms with van der Waals surface area (Å²) in [6, 6.07) is 21.3. The lowest BCUT2D eigenvalue weighted by molar-refractivity contribution is 0.719. The van der Waals surface area contributed by atoms with Crippen LogP contribution in [0.3, 0.4) is 0 Å². The molecule has 0 saturated heterocycles. The number of allylic oxidation sites excluding steroid dienone is 1. The second kappa shape index (κ2) is 6.80. The van der Waals surface area contributed by atoms with Gasteiger partial charge in [-0.2, -0.15) is 0 Å². The van der Waals surface area contributed by atoms with Crippen molar-refractivity contribution in [2.24, 2.45) is 0 Å². The standard InChI is InChI=1S/C18H20/c1-2-9-17(18-12-7-4-8-13-18)15-14-16-10-5-3-6-11-16/h3-8,10-15,17H,2,9H2,1H3/b15-14+. The van der Waals surface area contributed by atoms with Gasteiger partial charge in [-0.05, 0) is 17.5 Å². The van der Waals surface area contributed by atoms with Crippen molar-refractivity contribution in [2.75, 3.05) is 0 Å². The Morgan fingerprint density at radius 3 is 2.11 bits per heavy atom. The van der Waals surface area contributed by atoms with Gasteiger partial charge in [0.2, 0.25) is 0 Å². The maximum atomic E-state index is 2.33. The van der Waals surface area contributed by atoms with Crippen LogP contribution in [0, 0.1) is 0 Å². The van der Waals surface area contributed by atoms with Gasteiger partial charge in [0.1, 0.15) is 0 Å². The van der Waals surface area contributed by atoms with Crippen LogP contribution in [0.2, 0.25) is 0 Å². The molecule has 0 nitrogen and oxygen atoms in total. The Morgan fingerprint density at radius 2 is 1.50 bits per heavy atom. The predicted molar refractivity (Wildman–Crippen MR) is 79.6 cm³/mol. The number of rotatable bonds is 5. The van der Waals surface area contributed by atoms with Crippen LogP contribution >= 0.6 is 0 Å². The molecular weight excluding hydrogens is 216 g/mol. The molecule has 2 rings (SSSR count). The first-order valence-electron chi connectivity index (χ1n) is 6.68. The summed E-state index contributed by atoms with van der Waals surface area (Å²) in [4.78, 5) is 0. The molecule has 18 heavy (non-hydrogen) atoms. The molecule has 0 spiro atoms. The van der Waals surface area contributed by atoms with Crippen molar-refractivity contribution in [3.63, 3.8) is 0 Å². The Kier molecular flexibility index (Phi) is 4.78. The van der Waals surface area contributed by atoms with Gasteiger partial charge in [-0.15, -0.1) is 0 Å². The highest BCUT2D eigenvalue weighted by Crippen LogP contribution is 2.23. The van der Waals surface area contributed by atoms with Gasteiger partial charge in [0.25, 0.3) is 0 Å². The molecule has 92 valence electrons. The minimum atomic E-state index is 0.524. The van der Waals surface area contributed by atoms with Crippen molar-refractivity contribution in [1.82, 2.24) is 0 Å². The maximum Gasteiger partial charge on any atom is 0.00212 e. The Morgan fingerprint density at radius 1 is 0.889 bits per heavy atom. The second-order valence-corrected chi connectivity index (χ2v) is 4.58. The van der Waals surface area contributed by atoms with Crippen molar-refractivity contribution in [3.05, 3.63) is 77.9 Å². The molecule has 2 aromatic carbocycles.